The average molecular weight is 297 g/mol. The van der Waals surface area contributed by atoms with Gasteiger partial charge in [0, 0.05) is 0 Å². The van der Waals surface area contributed by atoms with E-state index in [-0.39, 0.29) is 6.54 Å². The molecule has 21 heavy (non-hydrogen) atoms. The quantitative estimate of drug-likeness (QED) is 0.835. The summed E-state index contributed by atoms with van der Waals surface area (Å²) >= 11 is 0. The molecule has 0 saturated heterocycles. The Morgan fingerprint density at radius 2 is 1.71 bits per heavy atom. The Morgan fingerprint density at radius 1 is 1.14 bits per heavy atom. The second-order valence-electron chi connectivity index (χ2n) is 6.62. The molecular weight excluding hydrogens is 274 g/mol. The highest BCUT2D eigenvalue weighted by Crippen LogP contribution is 2.14. The van der Waals surface area contributed by atoms with Crippen LogP contribution in [0.15, 0.2) is 6.20 Å². The number of nitrogens with zero attached hydrogens (tertiary/aromatic N) is 1. The molecule has 0 fully saturated rings. The number of aromatic amines is 1. The molecule has 0 saturated carbocycles. The molecule has 118 valence electrons. The number of alkyl carbamates (subject to hydrolysis) is 1. The second-order valence-corrected chi connectivity index (χ2v) is 6.62. The van der Waals surface area contributed by atoms with Gasteiger partial charge in [0.2, 0.25) is 0 Å². The van der Waals surface area contributed by atoms with Gasteiger partial charge in [0.15, 0.2) is 0 Å². The predicted molar refractivity (Wildman–Crippen MR) is 76.8 cm³/mol. The molecule has 0 aliphatic rings. The highest BCUT2D eigenvalue weighted by molar-refractivity contribution is 5.90. The van der Waals surface area contributed by atoms with Gasteiger partial charge in [-0.2, -0.15) is 5.10 Å². The van der Waals surface area contributed by atoms with Crippen molar-refractivity contribution in [1.82, 2.24) is 15.5 Å². The molecule has 1 rings (SSSR count). The normalized spacial score (nSPS) is 11.9. The maximum atomic E-state index is 12.0. The van der Waals surface area contributed by atoms with Gasteiger partial charge in [0.05, 0.1) is 18.4 Å². The van der Waals surface area contributed by atoms with Gasteiger partial charge in [-0.05, 0) is 41.5 Å². The fraction of sp³-hybridized carbons (Fsp3) is 0.643. The standard InChI is InChI=1S/C14H23N3O4/c1-13(2,3)20-11(18)9-7-16-17-10(9)8-15-12(19)21-14(4,5)6/h7H,8H2,1-6H3,(H,15,19)(H,16,17). The zero-order chi connectivity index (χ0) is 16.3. The molecule has 0 aliphatic carbocycles. The number of esters is 1. The van der Waals surface area contributed by atoms with E-state index >= 15 is 0 Å². The van der Waals surface area contributed by atoms with Crippen LogP contribution in [-0.4, -0.2) is 33.5 Å². The molecule has 0 atom stereocenters. The van der Waals surface area contributed by atoms with Gasteiger partial charge < -0.3 is 14.8 Å². The largest absolute Gasteiger partial charge is 0.456 e. The number of ether oxygens (including phenoxy) is 2. The predicted octanol–water partition coefficient (Wildman–Crippen LogP) is 2.39. The summed E-state index contributed by atoms with van der Waals surface area (Å²) in [6.07, 6.45) is 0.812. The molecule has 7 nitrogen and oxygen atoms in total. The van der Waals surface area contributed by atoms with E-state index in [4.69, 9.17) is 9.47 Å². The number of hydrogen-bond acceptors (Lipinski definition) is 5. The van der Waals surface area contributed by atoms with Crippen molar-refractivity contribution in [3.05, 3.63) is 17.5 Å². The number of hydrogen-bond donors (Lipinski definition) is 2. The minimum Gasteiger partial charge on any atom is -0.456 e. The van der Waals surface area contributed by atoms with Crippen molar-refractivity contribution in [3.63, 3.8) is 0 Å². The molecule has 1 aromatic rings. The third kappa shape index (κ3) is 6.29. The molecule has 0 spiro atoms. The maximum absolute atomic E-state index is 12.0. The summed E-state index contributed by atoms with van der Waals surface area (Å²) in [6.45, 7) is 10.8. The van der Waals surface area contributed by atoms with Crippen LogP contribution >= 0.6 is 0 Å². The van der Waals surface area contributed by atoms with E-state index in [9.17, 15) is 9.59 Å². The minimum atomic E-state index is -0.593. The Kier molecular flexibility index (Phi) is 4.98. The summed E-state index contributed by atoms with van der Waals surface area (Å²) in [4.78, 5) is 23.6. The highest BCUT2D eigenvalue weighted by Gasteiger charge is 2.22. The van der Waals surface area contributed by atoms with Crippen molar-refractivity contribution in [2.24, 2.45) is 0 Å². The Hall–Kier alpha value is -2.05. The summed E-state index contributed by atoms with van der Waals surface area (Å²) in [7, 11) is 0. The Balaban J connectivity index is 2.64. The van der Waals surface area contributed by atoms with Gasteiger partial charge in [-0.1, -0.05) is 0 Å². The van der Waals surface area contributed by atoms with Crippen LogP contribution in [0.4, 0.5) is 4.79 Å². The average Bonchev–Trinajstić information content (AvgIpc) is 2.69. The third-order valence-corrected chi connectivity index (χ3v) is 2.15. The van der Waals surface area contributed by atoms with Crippen LogP contribution in [0.1, 0.15) is 57.6 Å². The lowest BCUT2D eigenvalue weighted by Crippen LogP contribution is -2.32. The molecule has 1 aromatic heterocycles. The van der Waals surface area contributed by atoms with Crippen molar-refractivity contribution in [2.45, 2.75) is 59.3 Å². The fourth-order valence-corrected chi connectivity index (χ4v) is 1.43. The van der Waals surface area contributed by atoms with E-state index in [0.717, 1.165) is 0 Å². The summed E-state index contributed by atoms with van der Waals surface area (Å²) in [6, 6.07) is 0. The highest BCUT2D eigenvalue weighted by atomic mass is 16.6. The number of H-pyrrole nitrogens is 1. The minimum absolute atomic E-state index is 0.101. The summed E-state index contributed by atoms with van der Waals surface area (Å²) < 4.78 is 10.4. The Morgan fingerprint density at radius 3 is 2.24 bits per heavy atom. The second kappa shape index (κ2) is 6.15. The van der Waals surface area contributed by atoms with Crippen molar-refractivity contribution < 1.29 is 19.1 Å². The van der Waals surface area contributed by atoms with Crippen molar-refractivity contribution >= 4 is 12.1 Å². The zero-order valence-corrected chi connectivity index (χ0v) is 13.4. The van der Waals surface area contributed by atoms with Gasteiger partial charge in [-0.15, -0.1) is 0 Å². The van der Waals surface area contributed by atoms with E-state index < -0.39 is 23.3 Å². The topological polar surface area (TPSA) is 93.3 Å². The van der Waals surface area contributed by atoms with Crippen LogP contribution in [0.3, 0.4) is 0 Å². The summed E-state index contributed by atoms with van der Waals surface area (Å²) in [5, 5.41) is 9.04. The fourth-order valence-electron chi connectivity index (χ4n) is 1.43. The van der Waals surface area contributed by atoms with Crippen LogP contribution in [0.2, 0.25) is 0 Å². The van der Waals surface area contributed by atoms with E-state index in [1.165, 1.54) is 6.20 Å². The first-order valence-electron chi connectivity index (χ1n) is 6.70. The molecule has 0 aromatic carbocycles. The van der Waals surface area contributed by atoms with E-state index in [0.29, 0.717) is 11.3 Å². The molecule has 0 bridgehead atoms. The summed E-state index contributed by atoms with van der Waals surface area (Å²) in [5.74, 6) is -0.489. The van der Waals surface area contributed by atoms with Crippen LogP contribution in [0.25, 0.3) is 0 Å². The molecule has 2 N–H and O–H groups in total. The van der Waals surface area contributed by atoms with Crippen molar-refractivity contribution in [1.29, 1.82) is 0 Å². The third-order valence-electron chi connectivity index (χ3n) is 2.15. The van der Waals surface area contributed by atoms with Crippen LogP contribution in [-0.2, 0) is 16.0 Å². The molecule has 7 heteroatoms. The van der Waals surface area contributed by atoms with Gasteiger partial charge in [-0.3, -0.25) is 5.10 Å². The van der Waals surface area contributed by atoms with Gasteiger partial charge in [0.1, 0.15) is 16.8 Å². The first-order chi connectivity index (χ1) is 9.48. The summed E-state index contributed by atoms with van der Waals surface area (Å²) in [5.41, 5.74) is -0.410. The number of nitrogens with one attached hydrogen (secondary N) is 2. The van der Waals surface area contributed by atoms with Gasteiger partial charge >= 0.3 is 12.1 Å². The first-order valence-corrected chi connectivity index (χ1v) is 6.70. The molecular formula is C14H23N3O4. The molecule has 0 aliphatic heterocycles. The van der Waals surface area contributed by atoms with E-state index in [1.54, 1.807) is 41.5 Å². The smallest absolute Gasteiger partial charge is 0.407 e. The monoisotopic (exact) mass is 297 g/mol. The van der Waals surface area contributed by atoms with Crippen LogP contribution in [0.5, 0.6) is 0 Å². The Labute approximate surface area is 124 Å². The number of amides is 1. The first kappa shape index (κ1) is 17.0. The van der Waals surface area contributed by atoms with Gasteiger partial charge in [-0.25, -0.2) is 9.59 Å². The number of carbonyl (C=O) groups excluding carboxylic acids is 2. The molecule has 1 amide bonds. The molecule has 1 heterocycles. The van der Waals surface area contributed by atoms with E-state index in [2.05, 4.69) is 15.5 Å². The van der Waals surface area contributed by atoms with Crippen molar-refractivity contribution in [3.8, 4) is 0 Å². The number of rotatable bonds is 3. The lowest BCUT2D eigenvalue weighted by atomic mass is 10.2. The SMILES string of the molecule is CC(C)(C)OC(=O)NCc1[nH]ncc1C(=O)OC(C)(C)C. The lowest BCUT2D eigenvalue weighted by Gasteiger charge is -2.20. The van der Waals surface area contributed by atoms with Crippen LogP contribution in [0, 0.1) is 0 Å². The lowest BCUT2D eigenvalue weighted by molar-refractivity contribution is 0.00672. The van der Waals surface area contributed by atoms with E-state index in [1.807, 2.05) is 0 Å². The number of aromatic nitrogens is 2. The zero-order valence-electron chi connectivity index (χ0n) is 13.4. The number of carbonyl (C=O) groups is 2. The van der Waals surface area contributed by atoms with Crippen molar-refractivity contribution in [2.75, 3.05) is 0 Å². The van der Waals surface area contributed by atoms with Crippen LogP contribution < -0.4 is 5.32 Å². The Bertz CT molecular complexity index is 509. The molecule has 0 radical (unpaired) electrons. The maximum Gasteiger partial charge on any atom is 0.407 e. The molecule has 0 unspecified atom stereocenters. The van der Waals surface area contributed by atoms with Gasteiger partial charge in [0.25, 0.3) is 0 Å².